The van der Waals surface area contributed by atoms with Crippen LogP contribution in [0.25, 0.3) is 0 Å². The molecule has 0 fully saturated rings. The number of hydrogen-bond acceptors (Lipinski definition) is 13. The minimum atomic E-state index is -0.454. The highest BCUT2D eigenvalue weighted by Gasteiger charge is 2.24. The lowest BCUT2D eigenvalue weighted by molar-refractivity contribution is -0.151. The number of hydrogen-bond donors (Lipinski definition) is 1. The minimum Gasteiger partial charge on any atom is -0.465 e. The molecule has 13 heteroatoms. The molecule has 13 nitrogen and oxygen atoms in total. The van der Waals surface area contributed by atoms with Crippen LogP contribution in [0.2, 0.25) is 0 Å². The number of nitrogens with zero attached hydrogens (tertiary/aromatic N) is 2. The van der Waals surface area contributed by atoms with Crippen LogP contribution in [0.4, 0.5) is 11.4 Å². The average Bonchev–Trinajstić information content (AvgIpc) is 3.35. The van der Waals surface area contributed by atoms with Crippen LogP contribution in [0, 0.1) is 11.8 Å². The van der Waals surface area contributed by atoms with E-state index in [2.05, 4.69) is 37.9 Å². The molecule has 0 aliphatic carbocycles. The molecule has 0 atom stereocenters. The van der Waals surface area contributed by atoms with Crippen molar-refractivity contribution in [2.24, 2.45) is 11.8 Å². The van der Waals surface area contributed by atoms with Gasteiger partial charge in [0, 0.05) is 57.7 Å². The molecule has 70 heavy (non-hydrogen) atoms. The van der Waals surface area contributed by atoms with Gasteiger partial charge in [0.05, 0.1) is 26.4 Å². The van der Waals surface area contributed by atoms with Crippen molar-refractivity contribution in [1.82, 2.24) is 4.90 Å². The molecule has 0 heterocycles. The summed E-state index contributed by atoms with van der Waals surface area (Å²) in [5.74, 6) is -0.916. The van der Waals surface area contributed by atoms with Gasteiger partial charge in [-0.15, -0.1) is 0 Å². The van der Waals surface area contributed by atoms with Gasteiger partial charge in [-0.05, 0) is 83.8 Å². The van der Waals surface area contributed by atoms with E-state index in [0.717, 1.165) is 174 Å². The lowest BCUT2D eigenvalue weighted by atomic mass is 10.0. The van der Waals surface area contributed by atoms with Gasteiger partial charge in [0.2, 0.25) is 0 Å². The molecule has 0 aromatic heterocycles. The molecular formula is C57H103N3O10. The number of rotatable bonds is 50. The third-order valence-corrected chi connectivity index (χ3v) is 13.3. The Morgan fingerprint density at radius 3 is 1.10 bits per heavy atom. The van der Waals surface area contributed by atoms with Crippen molar-refractivity contribution >= 4 is 35.3 Å². The van der Waals surface area contributed by atoms with Crippen LogP contribution in [0.5, 0.6) is 0 Å². The van der Waals surface area contributed by atoms with Gasteiger partial charge in [0.1, 0.15) is 11.4 Å². The highest BCUT2D eigenvalue weighted by Crippen LogP contribution is 2.20. The van der Waals surface area contributed by atoms with Crippen molar-refractivity contribution in [2.75, 3.05) is 76.4 Å². The predicted molar refractivity (Wildman–Crippen MR) is 286 cm³/mol. The summed E-state index contributed by atoms with van der Waals surface area (Å²) in [5.41, 5.74) is -0.00305. The monoisotopic (exact) mass is 990 g/mol. The molecule has 1 rings (SSSR count). The molecule has 0 aliphatic rings. The molecule has 0 aliphatic heterocycles. The average molecular weight is 990 g/mol. The summed E-state index contributed by atoms with van der Waals surface area (Å²) in [4.78, 5) is 79.9. The second-order valence-electron chi connectivity index (χ2n) is 20.0. The van der Waals surface area contributed by atoms with Crippen molar-refractivity contribution in [3.05, 3.63) is 20.4 Å². The second-order valence-corrected chi connectivity index (χ2v) is 20.0. The Morgan fingerprint density at radius 2 is 0.757 bits per heavy atom. The maximum atomic E-state index is 12.7. The maximum Gasteiger partial charge on any atom is 0.305 e. The van der Waals surface area contributed by atoms with Crippen molar-refractivity contribution in [3.63, 3.8) is 0 Å². The zero-order valence-corrected chi connectivity index (χ0v) is 45.6. The summed E-state index contributed by atoms with van der Waals surface area (Å²) in [6.07, 6.45) is 29.5. The lowest BCUT2D eigenvalue weighted by Crippen LogP contribution is -2.41. The van der Waals surface area contributed by atoms with E-state index < -0.39 is 10.9 Å². The van der Waals surface area contributed by atoms with Crippen LogP contribution in [-0.2, 0) is 38.1 Å². The standard InChI is InChI=1S/C57H103N3O10/c1-7-12-16-20-24-35-50(61)67-44-48(45-68-51(62)36-25-21-17-13-8-2)33-28-30-41-60(43-32-39-58-54-55(57(66)56(54)65)59(6)40-11-5)42-31-29-34-49(46-69-52(63)37-26-22-18-14-9-3)47-70-53(64)38-27-23-19-15-10-4/h48-49,58H,7-47H2,1-6H3. The first-order valence-electron chi connectivity index (χ1n) is 28.6. The maximum absolute atomic E-state index is 12.7. The molecule has 1 N–H and O–H groups in total. The van der Waals surface area contributed by atoms with Crippen LogP contribution >= 0.6 is 0 Å². The number of ether oxygens (including phenoxy) is 4. The summed E-state index contributed by atoms with van der Waals surface area (Å²) >= 11 is 0. The largest absolute Gasteiger partial charge is 0.465 e. The number of nitrogens with one attached hydrogen (secondary N) is 1. The summed E-state index contributed by atoms with van der Waals surface area (Å²) in [7, 11) is 1.85. The van der Waals surface area contributed by atoms with Crippen LogP contribution in [0.3, 0.4) is 0 Å². The Labute approximate surface area is 425 Å². The van der Waals surface area contributed by atoms with E-state index in [0.29, 0.717) is 50.1 Å². The van der Waals surface area contributed by atoms with E-state index in [9.17, 15) is 28.8 Å². The molecule has 0 unspecified atom stereocenters. The van der Waals surface area contributed by atoms with Gasteiger partial charge in [0.15, 0.2) is 0 Å². The van der Waals surface area contributed by atoms with E-state index >= 15 is 0 Å². The SMILES string of the molecule is CCCCCCCC(=O)OCC(CCCCN(CCCCC(COC(=O)CCCCCCC)COC(=O)CCCCCCC)CCCNc1c(N(C)CCC)c(=O)c1=O)COC(=O)CCCCCCC. The Morgan fingerprint density at radius 1 is 0.414 bits per heavy atom. The van der Waals surface area contributed by atoms with Gasteiger partial charge >= 0.3 is 23.9 Å². The first kappa shape index (κ1) is 64.5. The first-order valence-corrected chi connectivity index (χ1v) is 28.6. The number of carbonyl (C=O) groups excluding carboxylic acids is 4. The van der Waals surface area contributed by atoms with E-state index in [1.54, 1.807) is 0 Å². The summed E-state index contributed by atoms with van der Waals surface area (Å²) in [6, 6.07) is 0. The van der Waals surface area contributed by atoms with Gasteiger partial charge in [0.25, 0.3) is 10.9 Å². The Bertz CT molecular complexity index is 1410. The topological polar surface area (TPSA) is 158 Å². The summed E-state index contributed by atoms with van der Waals surface area (Å²) < 4.78 is 23.0. The van der Waals surface area contributed by atoms with Gasteiger partial charge in [-0.3, -0.25) is 28.8 Å². The quantitative estimate of drug-likeness (QED) is 0.0285. The first-order chi connectivity index (χ1) is 34.0. The van der Waals surface area contributed by atoms with Crippen molar-refractivity contribution in [3.8, 4) is 0 Å². The molecule has 0 saturated carbocycles. The Balaban J connectivity index is 2.97. The lowest BCUT2D eigenvalue weighted by Gasteiger charge is -2.25. The predicted octanol–water partition coefficient (Wildman–Crippen LogP) is 12.4. The highest BCUT2D eigenvalue weighted by atomic mass is 16.6. The normalized spacial score (nSPS) is 11.5. The highest BCUT2D eigenvalue weighted by molar-refractivity contribution is 5.75. The third-order valence-electron chi connectivity index (χ3n) is 13.3. The van der Waals surface area contributed by atoms with Crippen LogP contribution in [0.1, 0.15) is 240 Å². The summed E-state index contributed by atoms with van der Waals surface area (Å²) in [6.45, 7) is 15.4. The Hall–Kier alpha value is -3.48. The fourth-order valence-corrected chi connectivity index (χ4v) is 8.80. The third kappa shape index (κ3) is 33.2. The molecule has 1 aromatic rings. The van der Waals surface area contributed by atoms with E-state index in [-0.39, 0.29) is 62.1 Å². The van der Waals surface area contributed by atoms with Gasteiger partial charge in [-0.2, -0.15) is 0 Å². The molecule has 1 aromatic carbocycles. The zero-order valence-electron chi connectivity index (χ0n) is 45.6. The van der Waals surface area contributed by atoms with Gasteiger partial charge in [-0.25, -0.2) is 0 Å². The Kier molecular flexibility index (Phi) is 40.8. The van der Waals surface area contributed by atoms with Gasteiger partial charge in [-0.1, -0.05) is 150 Å². The molecule has 0 radical (unpaired) electrons. The second kappa shape index (κ2) is 44.2. The van der Waals surface area contributed by atoms with Crippen molar-refractivity contribution < 1.29 is 38.1 Å². The van der Waals surface area contributed by atoms with E-state index in [1.807, 2.05) is 18.9 Å². The zero-order chi connectivity index (χ0) is 51.5. The molecule has 0 spiro atoms. The smallest absolute Gasteiger partial charge is 0.305 e. The minimum absolute atomic E-state index is 0.0796. The van der Waals surface area contributed by atoms with Crippen LogP contribution < -0.4 is 21.1 Å². The van der Waals surface area contributed by atoms with E-state index in [4.69, 9.17) is 18.9 Å². The van der Waals surface area contributed by atoms with Gasteiger partial charge < -0.3 is 34.1 Å². The van der Waals surface area contributed by atoms with Crippen LogP contribution in [-0.4, -0.2) is 95.0 Å². The molecule has 0 saturated heterocycles. The number of esters is 4. The number of anilines is 2. The molecule has 0 amide bonds. The van der Waals surface area contributed by atoms with Crippen molar-refractivity contribution in [2.45, 2.75) is 240 Å². The number of unbranched alkanes of at least 4 members (excludes halogenated alkanes) is 18. The molecular weight excluding hydrogens is 887 g/mol. The number of carbonyl (C=O) groups is 4. The fraction of sp³-hybridized carbons (Fsp3) is 0.860. The fourth-order valence-electron chi connectivity index (χ4n) is 8.80. The van der Waals surface area contributed by atoms with E-state index in [1.165, 1.54) is 25.7 Å². The summed E-state index contributed by atoms with van der Waals surface area (Å²) in [5, 5.41) is 3.26. The molecule has 0 bridgehead atoms. The van der Waals surface area contributed by atoms with Crippen LogP contribution in [0.15, 0.2) is 9.59 Å². The molecule has 406 valence electrons. The van der Waals surface area contributed by atoms with Crippen molar-refractivity contribution in [1.29, 1.82) is 0 Å².